The van der Waals surface area contributed by atoms with Gasteiger partial charge < -0.3 is 0 Å². The van der Waals surface area contributed by atoms with E-state index >= 15 is 0 Å². The number of alkyl halides is 1. The van der Waals surface area contributed by atoms with Gasteiger partial charge >= 0.3 is 0 Å². The summed E-state index contributed by atoms with van der Waals surface area (Å²) in [7, 11) is 0. The molecule has 96 valence electrons. The molecule has 1 aromatic rings. The third-order valence-electron chi connectivity index (χ3n) is 3.85. The minimum absolute atomic E-state index is 0.409. The highest BCUT2D eigenvalue weighted by Crippen LogP contribution is 2.34. The number of nitrogens with zero attached hydrogens (tertiary/aromatic N) is 3. The largest absolute Gasteiger partial charge is 0.248 e. The van der Waals surface area contributed by atoms with Crippen LogP contribution in [0.3, 0.4) is 0 Å². The smallest absolute Gasteiger partial charge is 0.138 e. The summed E-state index contributed by atoms with van der Waals surface area (Å²) in [6, 6.07) is 0.409. The first-order valence-corrected chi connectivity index (χ1v) is 7.79. The van der Waals surface area contributed by atoms with Crippen molar-refractivity contribution >= 4 is 15.9 Å². The molecule has 1 aromatic heterocycles. The van der Waals surface area contributed by atoms with E-state index in [4.69, 9.17) is 0 Å². The second-order valence-corrected chi connectivity index (χ2v) is 6.03. The van der Waals surface area contributed by atoms with Gasteiger partial charge in [-0.15, -0.1) is 0 Å². The molecule has 0 aliphatic heterocycles. The predicted molar refractivity (Wildman–Crippen MR) is 73.4 cm³/mol. The van der Waals surface area contributed by atoms with Crippen LogP contribution in [0.15, 0.2) is 6.33 Å². The van der Waals surface area contributed by atoms with Crippen LogP contribution in [-0.4, -0.2) is 20.1 Å². The van der Waals surface area contributed by atoms with Gasteiger partial charge in [-0.1, -0.05) is 41.6 Å². The molecule has 1 aliphatic carbocycles. The molecule has 1 unspecified atom stereocenters. The molecule has 1 heterocycles. The monoisotopic (exact) mass is 299 g/mol. The van der Waals surface area contributed by atoms with Gasteiger partial charge in [-0.25, -0.2) is 9.67 Å². The van der Waals surface area contributed by atoms with Crippen LogP contribution in [0.1, 0.15) is 51.4 Å². The molecule has 1 aliphatic rings. The van der Waals surface area contributed by atoms with Crippen LogP contribution in [0.4, 0.5) is 0 Å². The minimum atomic E-state index is 0.409. The first kappa shape index (κ1) is 13.1. The molecule has 4 heteroatoms. The summed E-state index contributed by atoms with van der Waals surface area (Å²) in [5.41, 5.74) is 0. The normalized spacial score (nSPS) is 19.1. The first-order chi connectivity index (χ1) is 8.22. The van der Waals surface area contributed by atoms with Gasteiger partial charge in [-0.05, 0) is 25.7 Å². The van der Waals surface area contributed by atoms with E-state index in [1.165, 1.54) is 25.7 Å². The third kappa shape index (κ3) is 3.09. The van der Waals surface area contributed by atoms with E-state index in [1.54, 1.807) is 6.33 Å². The second kappa shape index (κ2) is 5.98. The zero-order valence-electron chi connectivity index (χ0n) is 10.8. The molecule has 2 rings (SSSR count). The zero-order chi connectivity index (χ0) is 12.3. The fraction of sp³-hybridized carbons (Fsp3) is 0.846. The van der Waals surface area contributed by atoms with Crippen molar-refractivity contribution in [1.82, 2.24) is 14.8 Å². The Bertz CT molecular complexity index is 342. The zero-order valence-corrected chi connectivity index (χ0v) is 12.4. The van der Waals surface area contributed by atoms with Crippen LogP contribution >= 0.6 is 15.9 Å². The van der Waals surface area contributed by atoms with Gasteiger partial charge in [0, 0.05) is 17.8 Å². The number of hydrogen-bond donors (Lipinski definition) is 0. The maximum Gasteiger partial charge on any atom is 0.138 e. The van der Waals surface area contributed by atoms with E-state index in [-0.39, 0.29) is 0 Å². The fourth-order valence-electron chi connectivity index (χ4n) is 2.86. The van der Waals surface area contributed by atoms with Crippen LogP contribution in [0.5, 0.6) is 0 Å². The lowest BCUT2D eigenvalue weighted by molar-refractivity contribution is 0.356. The Balaban J connectivity index is 2.04. The lowest BCUT2D eigenvalue weighted by Crippen LogP contribution is -2.19. The van der Waals surface area contributed by atoms with Crippen LogP contribution < -0.4 is 0 Å². The second-order valence-electron chi connectivity index (χ2n) is 5.38. The standard InChI is InChI=1S/C13H22BrN3/c1-10(2)17-13(15-9-16-17)7-12(8-14)11-5-3-4-6-11/h9-12H,3-8H2,1-2H3. The van der Waals surface area contributed by atoms with Crippen LogP contribution in [0.25, 0.3) is 0 Å². The Morgan fingerprint density at radius 3 is 2.71 bits per heavy atom. The molecule has 0 aromatic carbocycles. The highest BCUT2D eigenvalue weighted by molar-refractivity contribution is 9.09. The van der Waals surface area contributed by atoms with Gasteiger partial charge in [0.05, 0.1) is 0 Å². The number of rotatable bonds is 5. The fourth-order valence-corrected chi connectivity index (χ4v) is 3.62. The molecule has 1 atom stereocenters. The SMILES string of the molecule is CC(C)n1ncnc1CC(CBr)C1CCCC1. The van der Waals surface area contributed by atoms with Gasteiger partial charge in [0.15, 0.2) is 0 Å². The highest BCUT2D eigenvalue weighted by atomic mass is 79.9. The average Bonchev–Trinajstić information content (AvgIpc) is 2.96. The molecular formula is C13H22BrN3. The summed E-state index contributed by atoms with van der Waals surface area (Å²) in [6.45, 7) is 4.33. The van der Waals surface area contributed by atoms with E-state index in [9.17, 15) is 0 Å². The molecule has 0 spiro atoms. The summed E-state index contributed by atoms with van der Waals surface area (Å²) in [5.74, 6) is 2.75. The molecule has 3 nitrogen and oxygen atoms in total. The van der Waals surface area contributed by atoms with Crippen molar-refractivity contribution in [3.05, 3.63) is 12.2 Å². The lowest BCUT2D eigenvalue weighted by Gasteiger charge is -2.21. The molecule has 0 saturated heterocycles. The topological polar surface area (TPSA) is 30.7 Å². The first-order valence-electron chi connectivity index (χ1n) is 6.66. The van der Waals surface area contributed by atoms with Gasteiger partial charge in [-0.2, -0.15) is 5.10 Å². The van der Waals surface area contributed by atoms with Crippen LogP contribution in [0.2, 0.25) is 0 Å². The number of halogens is 1. The van der Waals surface area contributed by atoms with E-state index in [1.807, 2.05) is 0 Å². The van der Waals surface area contributed by atoms with Crippen molar-refractivity contribution in [2.24, 2.45) is 11.8 Å². The number of hydrogen-bond acceptors (Lipinski definition) is 2. The summed E-state index contributed by atoms with van der Waals surface area (Å²) < 4.78 is 2.06. The highest BCUT2D eigenvalue weighted by Gasteiger charge is 2.26. The van der Waals surface area contributed by atoms with Crippen molar-refractivity contribution in [1.29, 1.82) is 0 Å². The minimum Gasteiger partial charge on any atom is -0.248 e. The molecule has 17 heavy (non-hydrogen) atoms. The molecular weight excluding hydrogens is 278 g/mol. The maximum atomic E-state index is 4.43. The maximum absolute atomic E-state index is 4.43. The summed E-state index contributed by atoms with van der Waals surface area (Å²) >= 11 is 3.68. The molecule has 0 bridgehead atoms. The Hall–Kier alpha value is -0.380. The summed E-state index contributed by atoms with van der Waals surface area (Å²) in [5, 5.41) is 5.41. The third-order valence-corrected chi connectivity index (χ3v) is 4.68. The average molecular weight is 300 g/mol. The van der Waals surface area contributed by atoms with Gasteiger partial charge in [0.2, 0.25) is 0 Å². The Morgan fingerprint density at radius 1 is 1.41 bits per heavy atom. The van der Waals surface area contributed by atoms with Crippen molar-refractivity contribution < 1.29 is 0 Å². The molecule has 0 radical (unpaired) electrons. The molecule has 1 fully saturated rings. The van der Waals surface area contributed by atoms with Gasteiger partial charge in [0.25, 0.3) is 0 Å². The van der Waals surface area contributed by atoms with Gasteiger partial charge in [0.1, 0.15) is 12.2 Å². The summed E-state index contributed by atoms with van der Waals surface area (Å²) in [4.78, 5) is 4.43. The van der Waals surface area contributed by atoms with E-state index in [0.29, 0.717) is 6.04 Å². The Labute approximate surface area is 112 Å². The van der Waals surface area contributed by atoms with E-state index in [0.717, 1.165) is 29.4 Å². The Kier molecular flexibility index (Phi) is 4.60. The van der Waals surface area contributed by atoms with Crippen molar-refractivity contribution in [3.8, 4) is 0 Å². The van der Waals surface area contributed by atoms with Gasteiger partial charge in [-0.3, -0.25) is 0 Å². The molecule has 1 saturated carbocycles. The van der Waals surface area contributed by atoms with Crippen molar-refractivity contribution in [3.63, 3.8) is 0 Å². The quantitative estimate of drug-likeness (QED) is 0.778. The summed E-state index contributed by atoms with van der Waals surface area (Å²) in [6.07, 6.45) is 8.36. The molecule has 0 amide bonds. The molecule has 0 N–H and O–H groups in total. The van der Waals surface area contributed by atoms with E-state index in [2.05, 4.69) is 44.5 Å². The van der Waals surface area contributed by atoms with Crippen molar-refractivity contribution in [2.75, 3.05) is 5.33 Å². The van der Waals surface area contributed by atoms with Crippen LogP contribution in [0, 0.1) is 11.8 Å². The van der Waals surface area contributed by atoms with E-state index < -0.39 is 0 Å². The number of aromatic nitrogens is 3. The lowest BCUT2D eigenvalue weighted by atomic mass is 9.89. The van der Waals surface area contributed by atoms with Crippen LogP contribution in [-0.2, 0) is 6.42 Å². The Morgan fingerprint density at radius 2 is 2.12 bits per heavy atom. The van der Waals surface area contributed by atoms with Crippen molar-refractivity contribution in [2.45, 2.75) is 52.0 Å². The predicted octanol–water partition coefficient (Wildman–Crippen LogP) is 3.60.